The van der Waals surface area contributed by atoms with Crippen molar-refractivity contribution in [3.63, 3.8) is 0 Å². The minimum absolute atomic E-state index is 0.227. The lowest BCUT2D eigenvalue weighted by atomic mass is 10.3. The second-order valence-electron chi connectivity index (χ2n) is 4.67. The molecule has 0 aliphatic carbocycles. The van der Waals surface area contributed by atoms with Gasteiger partial charge in [-0.1, -0.05) is 0 Å². The number of carbonyl (C=O) groups excluding carboxylic acids is 1. The Bertz CT molecular complexity index is 731. The van der Waals surface area contributed by atoms with Gasteiger partial charge in [0.05, 0.1) is 5.69 Å². The van der Waals surface area contributed by atoms with Crippen LogP contribution < -0.4 is 16.2 Å². The van der Waals surface area contributed by atoms with E-state index in [9.17, 15) is 9.59 Å². The molecule has 2 rings (SSSR count). The number of urea groups is 1. The Morgan fingerprint density at radius 2 is 2.10 bits per heavy atom. The Morgan fingerprint density at radius 1 is 1.38 bits per heavy atom. The summed E-state index contributed by atoms with van der Waals surface area (Å²) >= 11 is 0. The van der Waals surface area contributed by atoms with Crippen molar-refractivity contribution in [1.29, 1.82) is 0 Å². The van der Waals surface area contributed by atoms with Gasteiger partial charge in [-0.05, 0) is 27.7 Å². The largest absolute Gasteiger partial charge is 0.338 e. The molecule has 8 heteroatoms. The highest BCUT2D eigenvalue weighted by atomic mass is 16.2. The smallest absolute Gasteiger partial charge is 0.320 e. The third-order valence-corrected chi connectivity index (χ3v) is 2.99. The quantitative estimate of drug-likeness (QED) is 0.785. The monoisotopic (exact) mass is 290 g/mol. The summed E-state index contributed by atoms with van der Waals surface area (Å²) in [7, 11) is 0. The molecule has 3 N–H and O–H groups in total. The number of nitrogens with one attached hydrogen (secondary N) is 3. The van der Waals surface area contributed by atoms with Crippen LogP contribution >= 0.6 is 0 Å². The average Bonchev–Trinajstić information content (AvgIpc) is 2.76. The van der Waals surface area contributed by atoms with Crippen molar-refractivity contribution in [2.75, 3.05) is 11.9 Å². The topological polar surface area (TPSA) is 105 Å². The average molecular weight is 290 g/mol. The molecule has 2 amide bonds. The zero-order chi connectivity index (χ0) is 15.6. The number of aromatic nitrogens is 4. The molecule has 8 nitrogen and oxygen atoms in total. The number of hydrogen-bond donors (Lipinski definition) is 3. The van der Waals surface area contributed by atoms with Crippen molar-refractivity contribution in [2.24, 2.45) is 0 Å². The van der Waals surface area contributed by atoms with E-state index in [1.807, 2.05) is 6.92 Å². The van der Waals surface area contributed by atoms with Gasteiger partial charge in [0.1, 0.15) is 5.82 Å². The molecule has 0 radical (unpaired) electrons. The van der Waals surface area contributed by atoms with Gasteiger partial charge in [-0.2, -0.15) is 9.78 Å². The van der Waals surface area contributed by atoms with E-state index in [-0.39, 0.29) is 17.5 Å². The molecule has 112 valence electrons. The van der Waals surface area contributed by atoms with Crippen molar-refractivity contribution in [3.05, 3.63) is 33.4 Å². The number of rotatable bonds is 3. The van der Waals surface area contributed by atoms with Crippen LogP contribution in [0.25, 0.3) is 5.95 Å². The second kappa shape index (κ2) is 5.78. The van der Waals surface area contributed by atoms with Gasteiger partial charge in [0.2, 0.25) is 5.95 Å². The minimum atomic E-state index is -0.343. The summed E-state index contributed by atoms with van der Waals surface area (Å²) in [5, 5.41) is 9.55. The van der Waals surface area contributed by atoms with Gasteiger partial charge >= 0.3 is 6.03 Å². The standard InChI is InChI=1S/C13H18N6O2/c1-5-14-13(21)16-10-6-7(2)18-19(10)12-15-9(4)8(3)11(20)17-12/h6H,5H2,1-4H3,(H2,14,16,21)(H,15,17,20). The van der Waals surface area contributed by atoms with Gasteiger partial charge in [0, 0.05) is 23.9 Å². The van der Waals surface area contributed by atoms with Crippen molar-refractivity contribution in [1.82, 2.24) is 25.1 Å². The Balaban J connectivity index is 2.45. The summed E-state index contributed by atoms with van der Waals surface area (Å²) in [5.74, 6) is 0.702. The fraction of sp³-hybridized carbons (Fsp3) is 0.385. The van der Waals surface area contributed by atoms with Crippen LogP contribution in [0.1, 0.15) is 23.9 Å². The number of amides is 2. The molecule has 0 aromatic carbocycles. The highest BCUT2D eigenvalue weighted by molar-refractivity contribution is 5.88. The van der Waals surface area contributed by atoms with E-state index in [2.05, 4.69) is 25.7 Å². The van der Waals surface area contributed by atoms with E-state index in [0.29, 0.717) is 29.3 Å². The van der Waals surface area contributed by atoms with Crippen LogP contribution in [0.2, 0.25) is 0 Å². The number of carbonyl (C=O) groups is 1. The van der Waals surface area contributed by atoms with Crippen molar-refractivity contribution < 1.29 is 4.79 Å². The Kier molecular flexibility index (Phi) is 4.06. The highest BCUT2D eigenvalue weighted by Gasteiger charge is 2.13. The third-order valence-electron chi connectivity index (χ3n) is 2.99. The van der Waals surface area contributed by atoms with Gasteiger partial charge in [-0.25, -0.2) is 9.78 Å². The van der Waals surface area contributed by atoms with Crippen LogP contribution in [-0.2, 0) is 0 Å². The summed E-state index contributed by atoms with van der Waals surface area (Å²) in [6.45, 7) is 7.58. The lowest BCUT2D eigenvalue weighted by Crippen LogP contribution is -2.29. The highest BCUT2D eigenvalue weighted by Crippen LogP contribution is 2.14. The van der Waals surface area contributed by atoms with Gasteiger partial charge in [-0.3, -0.25) is 15.1 Å². The van der Waals surface area contributed by atoms with Crippen LogP contribution in [0.15, 0.2) is 10.9 Å². The summed E-state index contributed by atoms with van der Waals surface area (Å²) in [5.41, 5.74) is 1.64. The number of anilines is 1. The van der Waals surface area contributed by atoms with Crippen LogP contribution in [0.5, 0.6) is 0 Å². The maximum absolute atomic E-state index is 11.8. The zero-order valence-corrected chi connectivity index (χ0v) is 12.4. The molecule has 0 aliphatic rings. The maximum atomic E-state index is 11.8. The number of hydrogen-bond acceptors (Lipinski definition) is 4. The van der Waals surface area contributed by atoms with Crippen LogP contribution in [0.4, 0.5) is 10.6 Å². The van der Waals surface area contributed by atoms with E-state index < -0.39 is 0 Å². The Morgan fingerprint density at radius 3 is 2.71 bits per heavy atom. The number of aromatic amines is 1. The SMILES string of the molecule is CCNC(=O)Nc1cc(C)nn1-c1nc(C)c(C)c(=O)[nH]1. The van der Waals surface area contributed by atoms with Crippen molar-refractivity contribution in [2.45, 2.75) is 27.7 Å². The lowest BCUT2D eigenvalue weighted by Gasteiger charge is -2.09. The lowest BCUT2D eigenvalue weighted by molar-refractivity contribution is 0.252. The molecule has 2 aromatic rings. The van der Waals surface area contributed by atoms with E-state index >= 15 is 0 Å². The first-order chi connectivity index (χ1) is 9.92. The van der Waals surface area contributed by atoms with E-state index in [1.54, 1.807) is 26.8 Å². The molecule has 0 saturated carbocycles. The van der Waals surface area contributed by atoms with Crippen LogP contribution in [0, 0.1) is 20.8 Å². The molecule has 0 bridgehead atoms. The molecule has 21 heavy (non-hydrogen) atoms. The van der Waals surface area contributed by atoms with Gasteiger partial charge in [-0.15, -0.1) is 0 Å². The second-order valence-corrected chi connectivity index (χ2v) is 4.67. The van der Waals surface area contributed by atoms with E-state index in [4.69, 9.17) is 0 Å². The molecule has 0 fully saturated rings. The molecule has 2 heterocycles. The van der Waals surface area contributed by atoms with Crippen molar-refractivity contribution in [3.8, 4) is 5.95 Å². The molecule has 0 saturated heterocycles. The molecule has 0 unspecified atom stereocenters. The first-order valence-electron chi connectivity index (χ1n) is 6.61. The molecular weight excluding hydrogens is 272 g/mol. The number of nitrogens with zero attached hydrogens (tertiary/aromatic N) is 3. The maximum Gasteiger partial charge on any atom is 0.320 e. The predicted molar refractivity (Wildman–Crippen MR) is 78.9 cm³/mol. The normalized spacial score (nSPS) is 10.5. The summed E-state index contributed by atoms with van der Waals surface area (Å²) in [4.78, 5) is 30.4. The molecule has 0 aliphatic heterocycles. The van der Waals surface area contributed by atoms with Crippen LogP contribution in [-0.4, -0.2) is 32.3 Å². The van der Waals surface area contributed by atoms with Crippen molar-refractivity contribution >= 4 is 11.8 Å². The predicted octanol–water partition coefficient (Wildman–Crippen LogP) is 1.02. The minimum Gasteiger partial charge on any atom is -0.338 e. The number of H-pyrrole nitrogens is 1. The third kappa shape index (κ3) is 3.10. The molecular formula is C13H18N6O2. The summed E-state index contributed by atoms with van der Waals surface area (Å²) < 4.78 is 1.40. The Hall–Kier alpha value is -2.64. The summed E-state index contributed by atoms with van der Waals surface area (Å²) in [6, 6.07) is 1.36. The van der Waals surface area contributed by atoms with Gasteiger partial charge in [0.15, 0.2) is 0 Å². The fourth-order valence-corrected chi connectivity index (χ4v) is 1.80. The van der Waals surface area contributed by atoms with Gasteiger partial charge < -0.3 is 5.32 Å². The molecule has 0 spiro atoms. The van der Waals surface area contributed by atoms with E-state index in [1.165, 1.54) is 4.68 Å². The summed E-state index contributed by atoms with van der Waals surface area (Å²) in [6.07, 6.45) is 0. The molecule has 2 aromatic heterocycles. The molecule has 0 atom stereocenters. The van der Waals surface area contributed by atoms with Gasteiger partial charge in [0.25, 0.3) is 5.56 Å². The van der Waals surface area contributed by atoms with Crippen LogP contribution in [0.3, 0.4) is 0 Å². The van der Waals surface area contributed by atoms with E-state index in [0.717, 1.165) is 0 Å². The first kappa shape index (κ1) is 14.8. The first-order valence-corrected chi connectivity index (χ1v) is 6.61. The number of aryl methyl sites for hydroxylation is 2. The fourth-order valence-electron chi connectivity index (χ4n) is 1.80. The zero-order valence-electron chi connectivity index (χ0n) is 12.4. The Labute approximate surface area is 121 Å².